The Kier molecular flexibility index (Phi) is 6.24. The van der Waals surface area contributed by atoms with Crippen LogP contribution in [0.3, 0.4) is 0 Å². The smallest absolute Gasteiger partial charge is 0.251 e. The van der Waals surface area contributed by atoms with E-state index in [2.05, 4.69) is 14.3 Å². The van der Waals surface area contributed by atoms with Crippen molar-refractivity contribution >= 4 is 49.4 Å². The molecule has 0 bridgehead atoms. The van der Waals surface area contributed by atoms with Crippen molar-refractivity contribution in [2.24, 2.45) is 4.36 Å². The van der Waals surface area contributed by atoms with Crippen LogP contribution < -0.4 is 0 Å². The van der Waals surface area contributed by atoms with Crippen LogP contribution in [0.15, 0.2) is 46.3 Å². The lowest BCUT2D eigenvalue weighted by Gasteiger charge is -2.14. The number of thiazole rings is 1. The summed E-state index contributed by atoms with van der Waals surface area (Å²) in [6.45, 7) is 1.63. The molecule has 2 unspecified atom stereocenters. The zero-order chi connectivity index (χ0) is 21.4. The molecule has 0 aliphatic carbocycles. The summed E-state index contributed by atoms with van der Waals surface area (Å²) in [5.74, 6) is 0. The first-order chi connectivity index (χ1) is 13.5. The maximum atomic E-state index is 13.1. The molecule has 4 nitrogen and oxygen atoms in total. The van der Waals surface area contributed by atoms with Crippen molar-refractivity contribution < 1.29 is 17.4 Å². The highest BCUT2D eigenvalue weighted by atomic mass is 35.5. The Hall–Kier alpha value is -1.68. The van der Waals surface area contributed by atoms with Gasteiger partial charge < -0.3 is 0 Å². The van der Waals surface area contributed by atoms with Crippen LogP contribution in [0.5, 0.6) is 0 Å². The molecule has 0 saturated heterocycles. The van der Waals surface area contributed by atoms with E-state index >= 15 is 0 Å². The SMILES string of the molecule is CC(c1ccc(C(F)(F)F)nc1)S(C)(=O)=Nc1nc(-c2ccc(Cl)c(Cl)c2)cs1. The second-order valence-corrected chi connectivity index (χ2v) is 10.5. The molecule has 0 N–H and O–H groups in total. The Bertz CT molecular complexity index is 1150. The summed E-state index contributed by atoms with van der Waals surface area (Å²) in [6, 6.07) is 7.21. The molecule has 29 heavy (non-hydrogen) atoms. The Labute approximate surface area is 179 Å². The molecule has 3 aromatic rings. The van der Waals surface area contributed by atoms with Crippen molar-refractivity contribution in [2.45, 2.75) is 18.3 Å². The molecule has 0 fully saturated rings. The normalized spacial score (nSPS) is 15.0. The van der Waals surface area contributed by atoms with Gasteiger partial charge in [0.25, 0.3) is 0 Å². The van der Waals surface area contributed by atoms with E-state index in [-0.39, 0.29) is 0 Å². The zero-order valence-electron chi connectivity index (χ0n) is 15.1. The zero-order valence-corrected chi connectivity index (χ0v) is 18.2. The van der Waals surface area contributed by atoms with Gasteiger partial charge in [0.15, 0.2) is 0 Å². The van der Waals surface area contributed by atoms with Crippen LogP contribution in [0.2, 0.25) is 10.0 Å². The summed E-state index contributed by atoms with van der Waals surface area (Å²) in [7, 11) is -2.84. The molecule has 0 aliphatic heterocycles. The van der Waals surface area contributed by atoms with Gasteiger partial charge in [-0.3, -0.25) is 4.98 Å². The number of nitrogens with zero attached hydrogens (tertiary/aromatic N) is 3. The number of hydrogen-bond donors (Lipinski definition) is 0. The lowest BCUT2D eigenvalue weighted by Crippen LogP contribution is -2.11. The van der Waals surface area contributed by atoms with E-state index in [0.717, 1.165) is 17.8 Å². The molecule has 0 amide bonds. The number of benzene rings is 1. The minimum absolute atomic E-state index is 0.297. The standard InChI is InChI=1S/C18H14Cl2F3N3OS2/c1-10(12-4-6-16(24-8-12)18(21,22)23)29(2,27)26-17-25-15(9-28-17)11-3-5-13(19)14(20)7-11/h3-10H,1-2H3. The van der Waals surface area contributed by atoms with Gasteiger partial charge in [0.05, 0.1) is 30.7 Å². The van der Waals surface area contributed by atoms with Gasteiger partial charge >= 0.3 is 6.18 Å². The van der Waals surface area contributed by atoms with Gasteiger partial charge in [0.1, 0.15) is 5.69 Å². The molecule has 1 aromatic carbocycles. The lowest BCUT2D eigenvalue weighted by molar-refractivity contribution is -0.141. The van der Waals surface area contributed by atoms with Crippen LogP contribution in [0, 0.1) is 0 Å². The van der Waals surface area contributed by atoms with E-state index in [1.807, 2.05) is 0 Å². The predicted molar refractivity (Wildman–Crippen MR) is 111 cm³/mol. The minimum atomic E-state index is -4.53. The van der Waals surface area contributed by atoms with Gasteiger partial charge in [-0.1, -0.05) is 35.3 Å². The summed E-state index contributed by atoms with van der Waals surface area (Å²) in [4.78, 5) is 7.79. The summed E-state index contributed by atoms with van der Waals surface area (Å²) in [6.07, 6.45) is -2.01. The van der Waals surface area contributed by atoms with Crippen molar-refractivity contribution in [1.29, 1.82) is 0 Å². The number of alkyl halides is 3. The van der Waals surface area contributed by atoms with E-state index in [0.29, 0.717) is 26.4 Å². The maximum Gasteiger partial charge on any atom is 0.433 e. The first-order valence-electron chi connectivity index (χ1n) is 8.12. The van der Waals surface area contributed by atoms with Gasteiger partial charge in [-0.15, -0.1) is 11.3 Å². The summed E-state index contributed by atoms with van der Waals surface area (Å²) < 4.78 is 55.4. The molecular formula is C18H14Cl2F3N3OS2. The first-order valence-corrected chi connectivity index (χ1v) is 11.7. The van der Waals surface area contributed by atoms with E-state index in [4.69, 9.17) is 23.2 Å². The summed E-state index contributed by atoms with van der Waals surface area (Å²) >= 11 is 13.1. The number of hydrogen-bond acceptors (Lipinski definition) is 5. The fraction of sp³-hybridized carbons (Fsp3) is 0.222. The van der Waals surface area contributed by atoms with Crippen molar-refractivity contribution in [2.75, 3.05) is 6.26 Å². The number of aromatic nitrogens is 2. The highest BCUT2D eigenvalue weighted by Gasteiger charge is 2.32. The van der Waals surface area contributed by atoms with E-state index in [1.165, 1.54) is 23.7 Å². The summed E-state index contributed by atoms with van der Waals surface area (Å²) in [5.41, 5.74) is 0.737. The fourth-order valence-corrected chi connectivity index (χ4v) is 5.02. The van der Waals surface area contributed by atoms with Crippen molar-refractivity contribution in [3.8, 4) is 11.3 Å². The number of rotatable bonds is 4. The average Bonchev–Trinajstić information content (AvgIpc) is 3.10. The van der Waals surface area contributed by atoms with E-state index in [1.54, 1.807) is 30.5 Å². The third-order valence-electron chi connectivity index (χ3n) is 4.17. The van der Waals surface area contributed by atoms with Gasteiger partial charge in [-0.25, -0.2) is 9.19 Å². The quantitative estimate of drug-likeness (QED) is 0.403. The first kappa shape index (κ1) is 22.0. The Balaban J connectivity index is 1.88. The van der Waals surface area contributed by atoms with Gasteiger partial charge in [0, 0.05) is 23.4 Å². The maximum absolute atomic E-state index is 13.1. The molecule has 0 saturated carbocycles. The molecule has 2 aromatic heterocycles. The third kappa shape index (κ3) is 5.09. The second-order valence-electron chi connectivity index (χ2n) is 6.21. The second kappa shape index (κ2) is 8.22. The molecule has 2 atom stereocenters. The summed E-state index contributed by atoms with van der Waals surface area (Å²) in [5, 5.41) is 2.21. The Morgan fingerprint density at radius 1 is 1.17 bits per heavy atom. The van der Waals surface area contributed by atoms with E-state index in [9.17, 15) is 17.4 Å². The largest absolute Gasteiger partial charge is 0.433 e. The van der Waals surface area contributed by atoms with Crippen molar-refractivity contribution in [3.05, 3.63) is 63.2 Å². The minimum Gasteiger partial charge on any atom is -0.251 e. The van der Waals surface area contributed by atoms with Gasteiger partial charge in [0.2, 0.25) is 5.13 Å². The number of halogens is 5. The van der Waals surface area contributed by atoms with Gasteiger partial charge in [-0.2, -0.15) is 17.5 Å². The molecule has 0 spiro atoms. The average molecular weight is 480 g/mol. The van der Waals surface area contributed by atoms with Crippen molar-refractivity contribution in [1.82, 2.24) is 9.97 Å². The molecule has 2 heterocycles. The van der Waals surface area contributed by atoms with E-state index < -0.39 is 26.8 Å². The van der Waals surface area contributed by atoms with Crippen LogP contribution in [0.4, 0.5) is 18.3 Å². The third-order valence-corrected chi connectivity index (χ3v) is 7.88. The molecule has 0 aliphatic rings. The van der Waals surface area contributed by atoms with Crippen LogP contribution in [0.1, 0.15) is 23.4 Å². The monoisotopic (exact) mass is 479 g/mol. The molecule has 11 heteroatoms. The van der Waals surface area contributed by atoms with Gasteiger partial charge in [-0.05, 0) is 30.7 Å². The van der Waals surface area contributed by atoms with Crippen LogP contribution in [-0.4, -0.2) is 20.4 Å². The molecule has 154 valence electrons. The number of pyridine rings is 1. The van der Waals surface area contributed by atoms with Crippen LogP contribution in [-0.2, 0) is 15.9 Å². The molecule has 0 radical (unpaired) electrons. The molecule has 3 rings (SSSR count). The highest BCUT2D eigenvalue weighted by molar-refractivity contribution is 7.93. The molecular weight excluding hydrogens is 466 g/mol. The van der Waals surface area contributed by atoms with Crippen LogP contribution in [0.25, 0.3) is 11.3 Å². The Morgan fingerprint density at radius 2 is 1.90 bits per heavy atom. The van der Waals surface area contributed by atoms with Crippen LogP contribution >= 0.6 is 34.5 Å². The lowest BCUT2D eigenvalue weighted by atomic mass is 10.2. The highest BCUT2D eigenvalue weighted by Crippen LogP contribution is 2.34. The Morgan fingerprint density at radius 3 is 2.48 bits per heavy atom. The predicted octanol–water partition coefficient (Wildman–Crippen LogP) is 7.02. The van der Waals surface area contributed by atoms with Crippen molar-refractivity contribution in [3.63, 3.8) is 0 Å². The topological polar surface area (TPSA) is 55.2 Å². The fourth-order valence-electron chi connectivity index (χ4n) is 2.39.